The molecule has 0 unspecified atom stereocenters. The number of hydrogen-bond donors (Lipinski definition) is 0. The molecule has 0 heterocycles. The van der Waals surface area contributed by atoms with Crippen LogP contribution >= 0.6 is 0 Å². The van der Waals surface area contributed by atoms with Crippen molar-refractivity contribution in [3.05, 3.63) is 35.1 Å². The first-order chi connectivity index (χ1) is 12.0. The quantitative estimate of drug-likeness (QED) is 0.295. The Labute approximate surface area is 160 Å². The van der Waals surface area contributed by atoms with Gasteiger partial charge in [-0.2, -0.15) is 0 Å². The molecule has 0 spiro atoms. The summed E-state index contributed by atoms with van der Waals surface area (Å²) in [6.07, 6.45) is 8.12. The van der Waals surface area contributed by atoms with E-state index in [2.05, 4.69) is 45.8 Å². The van der Waals surface area contributed by atoms with Gasteiger partial charge in [-0.1, -0.05) is 0 Å². The first-order valence-corrected chi connectivity index (χ1v) is 18.5. The number of rotatable bonds is 13. The molecular formula is C22H40FNSn. The van der Waals surface area contributed by atoms with E-state index in [-0.39, 0.29) is 5.82 Å². The Kier molecular flexibility index (Phi) is 11.3. The monoisotopic (exact) mass is 457 g/mol. The van der Waals surface area contributed by atoms with E-state index in [1.165, 1.54) is 67.4 Å². The van der Waals surface area contributed by atoms with Crippen molar-refractivity contribution in [2.75, 3.05) is 14.1 Å². The van der Waals surface area contributed by atoms with Gasteiger partial charge in [0, 0.05) is 0 Å². The molecule has 1 rings (SSSR count). The summed E-state index contributed by atoms with van der Waals surface area (Å²) in [4.78, 5) is 2.17. The molecule has 1 aromatic carbocycles. The van der Waals surface area contributed by atoms with Crippen molar-refractivity contribution in [1.82, 2.24) is 4.90 Å². The topological polar surface area (TPSA) is 3.24 Å². The molecule has 0 radical (unpaired) electrons. The Morgan fingerprint density at radius 1 is 0.840 bits per heavy atom. The van der Waals surface area contributed by atoms with Crippen molar-refractivity contribution < 1.29 is 4.39 Å². The van der Waals surface area contributed by atoms with Gasteiger partial charge in [0.2, 0.25) is 0 Å². The average molecular weight is 456 g/mol. The SMILES string of the molecule is CCC[CH2][Sn]([CH2]CCC)([CH2]CCC)[CH2]c1ccc(F)cc1CN(C)C. The molecule has 0 saturated carbocycles. The maximum atomic E-state index is 13.8. The van der Waals surface area contributed by atoms with Crippen LogP contribution in [0.4, 0.5) is 4.39 Å². The molecule has 1 aromatic rings. The Morgan fingerprint density at radius 3 is 1.80 bits per heavy atom. The molecule has 144 valence electrons. The van der Waals surface area contributed by atoms with E-state index < -0.39 is 18.4 Å². The Morgan fingerprint density at radius 2 is 1.36 bits per heavy atom. The van der Waals surface area contributed by atoms with Crippen molar-refractivity contribution in [2.24, 2.45) is 0 Å². The van der Waals surface area contributed by atoms with Gasteiger partial charge in [0.05, 0.1) is 0 Å². The minimum atomic E-state index is -2.23. The van der Waals surface area contributed by atoms with Crippen LogP contribution < -0.4 is 0 Å². The molecule has 0 fully saturated rings. The normalized spacial score (nSPS) is 12.1. The molecular weight excluding hydrogens is 416 g/mol. The van der Waals surface area contributed by atoms with Gasteiger partial charge in [-0.15, -0.1) is 0 Å². The summed E-state index contributed by atoms with van der Waals surface area (Å²) in [7, 11) is 4.16. The second-order valence-electron chi connectivity index (χ2n) is 8.14. The number of unbranched alkanes of at least 4 members (excludes halogenated alkanes) is 3. The zero-order valence-corrected chi connectivity index (χ0v) is 20.2. The van der Waals surface area contributed by atoms with E-state index in [0.29, 0.717) is 0 Å². The molecule has 25 heavy (non-hydrogen) atoms. The van der Waals surface area contributed by atoms with Crippen LogP contribution in [0.15, 0.2) is 18.2 Å². The summed E-state index contributed by atoms with van der Waals surface area (Å²) in [5.74, 6) is -0.0860. The summed E-state index contributed by atoms with van der Waals surface area (Å²) >= 11 is -2.23. The van der Waals surface area contributed by atoms with Crippen molar-refractivity contribution in [2.45, 2.75) is 83.6 Å². The molecule has 0 atom stereocenters. The molecule has 0 bridgehead atoms. The summed E-state index contributed by atoms with van der Waals surface area (Å²) < 4.78 is 19.7. The summed E-state index contributed by atoms with van der Waals surface area (Å²) in [5, 5.41) is 0. The van der Waals surface area contributed by atoms with Gasteiger partial charge in [-0.3, -0.25) is 0 Å². The van der Waals surface area contributed by atoms with E-state index in [9.17, 15) is 4.39 Å². The average Bonchev–Trinajstić information content (AvgIpc) is 2.58. The van der Waals surface area contributed by atoms with E-state index >= 15 is 0 Å². The van der Waals surface area contributed by atoms with Crippen molar-refractivity contribution >= 4 is 18.4 Å². The molecule has 0 N–H and O–H groups in total. The third kappa shape index (κ3) is 8.42. The van der Waals surface area contributed by atoms with Crippen LogP contribution in [0.1, 0.15) is 70.4 Å². The molecule has 1 nitrogen and oxygen atoms in total. The maximum absolute atomic E-state index is 13.8. The molecule has 0 aliphatic carbocycles. The first-order valence-electron chi connectivity index (χ1n) is 10.4. The molecule has 0 saturated heterocycles. The number of nitrogens with zero attached hydrogens (tertiary/aromatic N) is 1. The van der Waals surface area contributed by atoms with Gasteiger partial charge in [0.25, 0.3) is 0 Å². The second kappa shape index (κ2) is 12.3. The number of benzene rings is 1. The van der Waals surface area contributed by atoms with Crippen molar-refractivity contribution in [1.29, 1.82) is 0 Å². The fourth-order valence-electron chi connectivity index (χ4n) is 3.95. The summed E-state index contributed by atoms with van der Waals surface area (Å²) in [5.41, 5.74) is 2.67. The second-order valence-corrected chi connectivity index (χ2v) is 22.0. The van der Waals surface area contributed by atoms with Gasteiger partial charge in [0.15, 0.2) is 0 Å². The third-order valence-corrected chi connectivity index (χ3v) is 20.7. The fourth-order valence-corrected chi connectivity index (χ4v) is 20.3. The van der Waals surface area contributed by atoms with Gasteiger partial charge in [-0.25, -0.2) is 0 Å². The minimum absolute atomic E-state index is 0.0860. The number of halogens is 1. The van der Waals surface area contributed by atoms with Crippen LogP contribution in [0.25, 0.3) is 0 Å². The van der Waals surface area contributed by atoms with Crippen LogP contribution in [-0.4, -0.2) is 37.4 Å². The van der Waals surface area contributed by atoms with Crippen LogP contribution in [0.5, 0.6) is 0 Å². The predicted molar refractivity (Wildman–Crippen MR) is 112 cm³/mol. The Hall–Kier alpha value is -0.0913. The molecule has 0 amide bonds. The summed E-state index contributed by atoms with van der Waals surface area (Å²) in [6, 6.07) is 5.57. The Balaban J connectivity index is 3.12. The molecule has 0 aliphatic heterocycles. The van der Waals surface area contributed by atoms with Crippen LogP contribution in [0.3, 0.4) is 0 Å². The van der Waals surface area contributed by atoms with Crippen molar-refractivity contribution in [3.8, 4) is 0 Å². The Bertz CT molecular complexity index is 465. The molecule has 0 aromatic heterocycles. The molecule has 3 heteroatoms. The van der Waals surface area contributed by atoms with E-state index in [1.54, 1.807) is 12.1 Å². The van der Waals surface area contributed by atoms with E-state index in [1.807, 2.05) is 0 Å². The zero-order valence-electron chi connectivity index (χ0n) is 17.3. The number of hydrogen-bond acceptors (Lipinski definition) is 1. The summed E-state index contributed by atoms with van der Waals surface area (Å²) in [6.45, 7) is 7.83. The van der Waals surface area contributed by atoms with Crippen LogP contribution in [0.2, 0.25) is 13.3 Å². The van der Waals surface area contributed by atoms with Gasteiger partial charge in [-0.05, 0) is 0 Å². The van der Waals surface area contributed by atoms with E-state index in [0.717, 1.165) is 6.54 Å². The van der Waals surface area contributed by atoms with Crippen molar-refractivity contribution in [3.63, 3.8) is 0 Å². The fraction of sp³-hybridized carbons (Fsp3) is 0.727. The van der Waals surface area contributed by atoms with Crippen LogP contribution in [-0.2, 0) is 11.0 Å². The van der Waals surface area contributed by atoms with Gasteiger partial charge in [0.1, 0.15) is 0 Å². The van der Waals surface area contributed by atoms with Gasteiger partial charge < -0.3 is 0 Å². The third-order valence-electron chi connectivity index (χ3n) is 5.40. The first kappa shape index (κ1) is 22.9. The predicted octanol–water partition coefficient (Wildman–Crippen LogP) is 6.82. The molecule has 0 aliphatic rings. The van der Waals surface area contributed by atoms with Gasteiger partial charge >= 0.3 is 160 Å². The van der Waals surface area contributed by atoms with Crippen LogP contribution in [0, 0.1) is 5.82 Å². The van der Waals surface area contributed by atoms with E-state index in [4.69, 9.17) is 0 Å². The zero-order chi connectivity index (χ0) is 18.7. The standard InChI is InChI=1S/C10H13FN.3C4H9.Sn/c1-8-4-5-10(11)6-9(8)7-12(2)3;3*1-3-4-2;/h4-6H,1,7H2,2-3H3;3*1,3-4H2,2H3;.